The maximum atomic E-state index is 11.1. The van der Waals surface area contributed by atoms with Crippen LogP contribution < -0.4 is 5.32 Å². The molecule has 0 aliphatic carbocycles. The van der Waals surface area contributed by atoms with Crippen LogP contribution in [0.2, 0.25) is 0 Å². The van der Waals surface area contributed by atoms with E-state index >= 15 is 0 Å². The third-order valence-electron chi connectivity index (χ3n) is 1.89. The van der Waals surface area contributed by atoms with Gasteiger partial charge in [0, 0.05) is 18.2 Å². The lowest BCUT2D eigenvalue weighted by Crippen LogP contribution is -2.23. The van der Waals surface area contributed by atoms with Gasteiger partial charge in [-0.2, -0.15) is 0 Å². The van der Waals surface area contributed by atoms with E-state index in [0.717, 1.165) is 6.54 Å². The highest BCUT2D eigenvalue weighted by Crippen LogP contribution is 1.91. The first-order valence-corrected chi connectivity index (χ1v) is 7.53. The molecule has 92 valence electrons. The van der Waals surface area contributed by atoms with Gasteiger partial charge in [0.25, 0.3) is 0 Å². The van der Waals surface area contributed by atoms with Gasteiger partial charge in [0.05, 0.1) is 19.0 Å². The van der Waals surface area contributed by atoms with Crippen LogP contribution in [0.3, 0.4) is 0 Å². The molecule has 0 atom stereocenters. The highest BCUT2D eigenvalue weighted by molar-refractivity contribution is 7.91. The van der Waals surface area contributed by atoms with Crippen LogP contribution in [0, 0.1) is 0 Å². The molecule has 0 saturated heterocycles. The van der Waals surface area contributed by atoms with Gasteiger partial charge in [0.2, 0.25) is 0 Å². The summed E-state index contributed by atoms with van der Waals surface area (Å²) >= 11 is 5.42. The van der Waals surface area contributed by atoms with E-state index in [1.54, 1.807) is 6.92 Å². The molecule has 0 amide bonds. The fourth-order valence-corrected chi connectivity index (χ4v) is 1.97. The van der Waals surface area contributed by atoms with Gasteiger partial charge >= 0.3 is 0 Å². The Balaban J connectivity index is 3.19. The largest absolute Gasteiger partial charge is 0.379 e. The average Bonchev–Trinajstić information content (AvgIpc) is 2.22. The second-order valence-corrected chi connectivity index (χ2v) is 5.99. The number of alkyl halides is 1. The van der Waals surface area contributed by atoms with Crippen molar-refractivity contribution in [3.63, 3.8) is 0 Å². The third kappa shape index (κ3) is 10.4. The number of nitrogens with one attached hydrogen (secondary N) is 1. The highest BCUT2D eigenvalue weighted by atomic mass is 35.5. The quantitative estimate of drug-likeness (QED) is 0.461. The number of hydrogen-bond donors (Lipinski definition) is 1. The van der Waals surface area contributed by atoms with Crippen LogP contribution in [0.15, 0.2) is 0 Å². The smallest absolute Gasteiger partial charge is 0.150 e. The zero-order valence-corrected chi connectivity index (χ0v) is 10.7. The van der Waals surface area contributed by atoms with Crippen molar-refractivity contribution in [2.75, 3.05) is 43.7 Å². The molecule has 15 heavy (non-hydrogen) atoms. The van der Waals surface area contributed by atoms with Crippen LogP contribution in [0.25, 0.3) is 0 Å². The Bertz CT molecular complexity index is 232. The Morgan fingerprint density at radius 1 is 1.27 bits per heavy atom. The lowest BCUT2D eigenvalue weighted by atomic mass is 10.5. The fourth-order valence-electron chi connectivity index (χ4n) is 0.987. The third-order valence-corrected chi connectivity index (χ3v) is 3.84. The zero-order valence-electron chi connectivity index (χ0n) is 9.17. The van der Waals surface area contributed by atoms with Gasteiger partial charge in [-0.15, -0.1) is 11.6 Å². The van der Waals surface area contributed by atoms with Gasteiger partial charge in [-0.05, 0) is 13.0 Å². The number of rotatable bonds is 10. The average molecular weight is 258 g/mol. The van der Waals surface area contributed by atoms with Crippen molar-refractivity contribution in [1.82, 2.24) is 5.32 Å². The van der Waals surface area contributed by atoms with E-state index < -0.39 is 9.84 Å². The summed E-state index contributed by atoms with van der Waals surface area (Å²) in [5, 5.41) is 3.11. The maximum Gasteiger partial charge on any atom is 0.150 e. The molecular formula is C9H20ClNO3S. The molecule has 0 aromatic rings. The van der Waals surface area contributed by atoms with E-state index in [4.69, 9.17) is 16.3 Å². The lowest BCUT2D eigenvalue weighted by Gasteiger charge is -2.05. The summed E-state index contributed by atoms with van der Waals surface area (Å²) in [4.78, 5) is 0. The van der Waals surface area contributed by atoms with Gasteiger partial charge in [-0.1, -0.05) is 6.92 Å². The minimum atomic E-state index is -2.81. The first-order chi connectivity index (χ1) is 7.12. The van der Waals surface area contributed by atoms with Crippen molar-refractivity contribution >= 4 is 21.4 Å². The normalized spacial score (nSPS) is 11.9. The van der Waals surface area contributed by atoms with Crippen molar-refractivity contribution in [3.05, 3.63) is 0 Å². The van der Waals surface area contributed by atoms with Crippen LogP contribution >= 0.6 is 11.6 Å². The summed E-state index contributed by atoms with van der Waals surface area (Å²) in [6.07, 6.45) is 0.658. The van der Waals surface area contributed by atoms with Gasteiger partial charge in [-0.25, -0.2) is 8.42 Å². The summed E-state index contributed by atoms with van der Waals surface area (Å²) in [6.45, 7) is 4.30. The van der Waals surface area contributed by atoms with Gasteiger partial charge in [0.1, 0.15) is 9.84 Å². The predicted octanol–water partition coefficient (Wildman–Crippen LogP) is 0.656. The number of sulfone groups is 1. The molecule has 0 radical (unpaired) electrons. The molecule has 0 aromatic heterocycles. The number of halogens is 1. The minimum Gasteiger partial charge on any atom is -0.379 e. The topological polar surface area (TPSA) is 55.4 Å². The van der Waals surface area contributed by atoms with Crippen molar-refractivity contribution in [2.45, 2.75) is 13.3 Å². The van der Waals surface area contributed by atoms with E-state index in [9.17, 15) is 8.42 Å². The van der Waals surface area contributed by atoms with Gasteiger partial charge in [-0.3, -0.25) is 0 Å². The molecule has 0 aliphatic rings. The van der Waals surface area contributed by atoms with Gasteiger partial charge in [0.15, 0.2) is 0 Å². The first kappa shape index (κ1) is 15.2. The van der Waals surface area contributed by atoms with E-state index in [1.807, 2.05) is 0 Å². The molecule has 0 bridgehead atoms. The van der Waals surface area contributed by atoms with E-state index in [-0.39, 0.29) is 11.5 Å². The molecule has 0 spiro atoms. The van der Waals surface area contributed by atoms with E-state index in [0.29, 0.717) is 32.1 Å². The standard InChI is InChI=1S/C9H20ClNO3S/c1-2-15(12,13)9-3-5-11-6-8-14-7-4-10/h11H,2-9H2,1H3. The fraction of sp³-hybridized carbons (Fsp3) is 1.00. The second-order valence-electron chi connectivity index (χ2n) is 3.14. The Morgan fingerprint density at radius 2 is 2.00 bits per heavy atom. The Kier molecular flexibility index (Phi) is 9.49. The zero-order chi connectivity index (χ0) is 11.6. The minimum absolute atomic E-state index is 0.228. The monoisotopic (exact) mass is 257 g/mol. The van der Waals surface area contributed by atoms with Crippen molar-refractivity contribution in [1.29, 1.82) is 0 Å². The highest BCUT2D eigenvalue weighted by Gasteiger charge is 2.05. The molecule has 1 N–H and O–H groups in total. The van der Waals surface area contributed by atoms with Crippen molar-refractivity contribution < 1.29 is 13.2 Å². The SMILES string of the molecule is CCS(=O)(=O)CCCNCCOCCCl. The molecule has 4 nitrogen and oxygen atoms in total. The molecule has 0 unspecified atom stereocenters. The number of hydrogen-bond acceptors (Lipinski definition) is 4. The molecule has 0 heterocycles. The molecule has 6 heteroatoms. The summed E-state index contributed by atoms with van der Waals surface area (Å²) in [7, 11) is -2.81. The molecule has 0 aliphatic heterocycles. The molecule has 0 rings (SSSR count). The van der Waals surface area contributed by atoms with Crippen molar-refractivity contribution in [2.24, 2.45) is 0 Å². The van der Waals surface area contributed by atoms with Crippen LogP contribution in [0.1, 0.15) is 13.3 Å². The molecule has 0 saturated carbocycles. The lowest BCUT2D eigenvalue weighted by molar-refractivity contribution is 0.151. The maximum absolute atomic E-state index is 11.1. The first-order valence-electron chi connectivity index (χ1n) is 5.17. The summed E-state index contributed by atoms with van der Waals surface area (Å²) in [5.74, 6) is 1.000. The van der Waals surface area contributed by atoms with Gasteiger partial charge < -0.3 is 10.1 Å². The second kappa shape index (κ2) is 9.39. The molecular weight excluding hydrogens is 238 g/mol. The Morgan fingerprint density at radius 3 is 2.60 bits per heavy atom. The van der Waals surface area contributed by atoms with Crippen LogP contribution in [0.4, 0.5) is 0 Å². The van der Waals surface area contributed by atoms with E-state index in [1.165, 1.54) is 0 Å². The summed E-state index contributed by atoms with van der Waals surface area (Å²) in [6, 6.07) is 0. The van der Waals surface area contributed by atoms with Crippen LogP contribution in [0.5, 0.6) is 0 Å². The summed E-state index contributed by atoms with van der Waals surface area (Å²) < 4.78 is 27.4. The van der Waals surface area contributed by atoms with Crippen molar-refractivity contribution in [3.8, 4) is 0 Å². The van der Waals surface area contributed by atoms with Crippen LogP contribution in [-0.4, -0.2) is 52.1 Å². The van der Waals surface area contributed by atoms with Crippen LogP contribution in [-0.2, 0) is 14.6 Å². The predicted molar refractivity (Wildman–Crippen MR) is 63.4 cm³/mol. The number of ether oxygens (including phenoxy) is 1. The molecule has 0 aromatic carbocycles. The Labute approximate surface area is 97.3 Å². The van der Waals surface area contributed by atoms with E-state index in [2.05, 4.69) is 5.32 Å². The summed E-state index contributed by atoms with van der Waals surface area (Å²) in [5.41, 5.74) is 0. The Hall–Kier alpha value is 0.160. The molecule has 0 fully saturated rings.